The molecule has 0 radical (unpaired) electrons. The van der Waals surface area contributed by atoms with E-state index in [0.717, 1.165) is 0 Å². The van der Waals surface area contributed by atoms with Crippen LogP contribution >= 0.6 is 0 Å². The fourth-order valence-electron chi connectivity index (χ4n) is 0. The van der Waals surface area contributed by atoms with Gasteiger partial charge in [0.2, 0.25) is 0 Å². The summed E-state index contributed by atoms with van der Waals surface area (Å²) >= 11 is 0. The van der Waals surface area contributed by atoms with Gasteiger partial charge in [-0.15, -0.1) is 0 Å². The molecule has 0 aliphatic carbocycles. The Hall–Kier alpha value is 2.40. The monoisotopic (exact) mass is 292 g/mol. The van der Waals surface area contributed by atoms with Crippen LogP contribution in [0.15, 0.2) is 0 Å². The number of hydrogen-bond acceptors (Lipinski definition) is 3. The molecule has 0 fully saturated rings. The van der Waals surface area contributed by atoms with Crippen LogP contribution in [-0.2, 0) is 26.2 Å². The third kappa shape index (κ3) is 32.4. The molecule has 3 N–H and O–H groups in total. The zero-order valence-electron chi connectivity index (χ0n) is 2.42. The Morgan fingerprint density at radius 3 is 1.00 bits per heavy atom. The van der Waals surface area contributed by atoms with Crippen molar-refractivity contribution in [3.63, 3.8) is 0 Å². The molecule has 0 bridgehead atoms. The molecule has 32 valence electrons. The minimum absolute atomic E-state index is 0. The molecule has 0 heterocycles. The normalized spacial score (nSPS) is 4.50. The van der Waals surface area contributed by atoms with Gasteiger partial charge in [-0.25, -0.2) is 0 Å². The smallest absolute Gasteiger partial charge is 0 e. The van der Waals surface area contributed by atoms with Gasteiger partial charge in [-0.3, -0.25) is 0 Å². The Balaban J connectivity index is -0.0000000450. The first kappa shape index (κ1) is 15.8. The average Bonchev–Trinajstić information content (AvgIpc) is 0.811. The van der Waals surface area contributed by atoms with Crippen molar-refractivity contribution in [3.8, 4) is 0 Å². The molecule has 0 aliphatic rings. The maximum absolute atomic E-state index is 7.17. The number of hydrogen-bond donors (Lipinski definition) is 3. The molecular formula is H5BBaO3Zr. The van der Waals surface area contributed by atoms with E-state index in [-0.39, 0.29) is 75.1 Å². The first-order valence-electron chi connectivity index (χ1n) is 0.775. The van der Waals surface area contributed by atoms with Crippen molar-refractivity contribution in [3.05, 3.63) is 0 Å². The summed E-state index contributed by atoms with van der Waals surface area (Å²) in [4.78, 5) is 0. The molecule has 0 atom stereocenters. The van der Waals surface area contributed by atoms with Crippen LogP contribution in [0.4, 0.5) is 0 Å². The van der Waals surface area contributed by atoms with Gasteiger partial charge in [-0.2, -0.15) is 0 Å². The van der Waals surface area contributed by atoms with Crippen LogP contribution in [0.1, 0.15) is 0 Å². The minimum Gasteiger partial charge on any atom is 0 e. The molecule has 6 heavy (non-hydrogen) atoms. The van der Waals surface area contributed by atoms with Crippen LogP contribution in [0.2, 0.25) is 0 Å². The summed E-state index contributed by atoms with van der Waals surface area (Å²) in [5, 5.41) is 21.5. The predicted molar refractivity (Wildman–Crippen MR) is 21.0 cm³/mol. The molecule has 0 saturated heterocycles. The first-order chi connectivity index (χ1) is 1.73. The summed E-state index contributed by atoms with van der Waals surface area (Å²) < 4.78 is 0. The predicted octanol–water partition coefficient (Wildman–Crippen LogP) is -2.97. The van der Waals surface area contributed by atoms with E-state index < -0.39 is 7.32 Å². The zero-order valence-corrected chi connectivity index (χ0v) is 4.88. The van der Waals surface area contributed by atoms with Crippen molar-refractivity contribution in [1.82, 2.24) is 0 Å². The van der Waals surface area contributed by atoms with Crippen molar-refractivity contribution in [2.75, 3.05) is 0 Å². The molecule has 0 amide bonds. The third-order valence-electron chi connectivity index (χ3n) is 0. The van der Waals surface area contributed by atoms with Crippen LogP contribution in [-0.4, -0.2) is 71.3 Å². The zero-order chi connectivity index (χ0) is 3.58. The first-order valence-corrected chi connectivity index (χ1v) is 0.775. The molecule has 3 nitrogen and oxygen atoms in total. The Bertz CT molecular complexity index is 15.5. The quantitative estimate of drug-likeness (QED) is 0.418. The van der Waals surface area contributed by atoms with Crippen LogP contribution in [0.25, 0.3) is 0 Å². The second-order valence-corrected chi connectivity index (χ2v) is 0.346. The fourth-order valence-corrected chi connectivity index (χ4v) is 0. The van der Waals surface area contributed by atoms with Crippen molar-refractivity contribution in [1.29, 1.82) is 0 Å². The van der Waals surface area contributed by atoms with Gasteiger partial charge in [-0.05, 0) is 0 Å². The maximum Gasteiger partial charge on any atom is 0 e. The second kappa shape index (κ2) is 10.4. The van der Waals surface area contributed by atoms with E-state index in [9.17, 15) is 0 Å². The molecule has 0 saturated carbocycles. The van der Waals surface area contributed by atoms with E-state index in [1.165, 1.54) is 0 Å². The van der Waals surface area contributed by atoms with Crippen molar-refractivity contribution in [2.45, 2.75) is 0 Å². The number of rotatable bonds is 0. The molecule has 0 aromatic heterocycles. The van der Waals surface area contributed by atoms with Gasteiger partial charge in [0.25, 0.3) is 0 Å². The summed E-state index contributed by atoms with van der Waals surface area (Å²) in [7, 11) is -2.17. The van der Waals surface area contributed by atoms with Crippen molar-refractivity contribution >= 4 is 56.2 Å². The van der Waals surface area contributed by atoms with E-state index in [2.05, 4.69) is 0 Å². The second-order valence-electron chi connectivity index (χ2n) is 0.346. The summed E-state index contributed by atoms with van der Waals surface area (Å²) in [6.07, 6.45) is 0. The van der Waals surface area contributed by atoms with Gasteiger partial charge in [0, 0.05) is 26.2 Å². The molecule has 0 spiro atoms. The van der Waals surface area contributed by atoms with Crippen LogP contribution < -0.4 is 0 Å². The standard InChI is InChI=1S/BH3O3.Ba.Zr.2H/c2-1(3)4;;;;/h2-4H;;;;. The summed E-state index contributed by atoms with van der Waals surface area (Å²) in [6, 6.07) is 0. The van der Waals surface area contributed by atoms with E-state index in [0.29, 0.717) is 0 Å². The Morgan fingerprint density at radius 2 is 1.00 bits per heavy atom. The Kier molecular flexibility index (Phi) is 27.3. The van der Waals surface area contributed by atoms with E-state index in [1.807, 2.05) is 0 Å². The average molecular weight is 292 g/mol. The molecular weight excluding hydrogens is 287 g/mol. The van der Waals surface area contributed by atoms with Gasteiger partial charge in [0.15, 0.2) is 0 Å². The maximum atomic E-state index is 7.17. The summed E-state index contributed by atoms with van der Waals surface area (Å²) in [5.41, 5.74) is 0. The van der Waals surface area contributed by atoms with Gasteiger partial charge >= 0.3 is 56.2 Å². The largest absolute Gasteiger partial charge is 0 e. The Labute approximate surface area is 95.5 Å². The molecule has 0 rings (SSSR count). The van der Waals surface area contributed by atoms with Gasteiger partial charge in [-0.1, -0.05) is 0 Å². The summed E-state index contributed by atoms with van der Waals surface area (Å²) in [5.74, 6) is 0. The van der Waals surface area contributed by atoms with Crippen LogP contribution in [0.3, 0.4) is 0 Å². The van der Waals surface area contributed by atoms with E-state index in [4.69, 9.17) is 15.1 Å². The van der Waals surface area contributed by atoms with Gasteiger partial charge < -0.3 is 15.1 Å². The van der Waals surface area contributed by atoms with Crippen LogP contribution in [0, 0.1) is 0 Å². The van der Waals surface area contributed by atoms with E-state index in [1.54, 1.807) is 0 Å². The van der Waals surface area contributed by atoms with Gasteiger partial charge in [0.05, 0.1) is 0 Å². The molecule has 0 aromatic carbocycles. The van der Waals surface area contributed by atoms with E-state index >= 15 is 0 Å². The van der Waals surface area contributed by atoms with Gasteiger partial charge in [0.1, 0.15) is 0 Å². The molecule has 0 unspecified atom stereocenters. The molecule has 0 aromatic rings. The minimum atomic E-state index is -2.17. The SMILES string of the molecule is OB(O)O.[BaH2].[Zr]. The summed E-state index contributed by atoms with van der Waals surface area (Å²) in [6.45, 7) is 0. The molecule has 0 aliphatic heterocycles. The Morgan fingerprint density at radius 1 is 1.00 bits per heavy atom. The molecule has 6 heteroatoms. The topological polar surface area (TPSA) is 60.7 Å². The van der Waals surface area contributed by atoms with Crippen LogP contribution in [0.5, 0.6) is 0 Å². The fraction of sp³-hybridized carbons (Fsp3) is 0. The third-order valence-corrected chi connectivity index (χ3v) is 0. The van der Waals surface area contributed by atoms with Crippen molar-refractivity contribution in [2.24, 2.45) is 0 Å². The van der Waals surface area contributed by atoms with Crippen molar-refractivity contribution < 1.29 is 41.3 Å².